The fourth-order valence-electron chi connectivity index (χ4n) is 2.93. The van der Waals surface area contributed by atoms with Crippen LogP contribution in [0.2, 0.25) is 0 Å². The largest absolute Gasteiger partial charge is 0.497 e. The fourth-order valence-corrected chi connectivity index (χ4v) is 7.31. The van der Waals surface area contributed by atoms with Gasteiger partial charge in [-0.05, 0) is 48.9 Å². The van der Waals surface area contributed by atoms with Gasteiger partial charge in [0.1, 0.15) is 11.6 Å². The van der Waals surface area contributed by atoms with Gasteiger partial charge in [0.2, 0.25) is 0 Å². The van der Waals surface area contributed by atoms with Gasteiger partial charge in [-0.1, -0.05) is 0 Å². The average molecular weight is 427 g/mol. The zero-order chi connectivity index (χ0) is 20.5. The number of nitrogens with one attached hydrogen (secondary N) is 1. The molecule has 1 aliphatic heterocycles. The Balaban J connectivity index is 1.87. The van der Waals surface area contributed by atoms with Crippen LogP contribution in [0.15, 0.2) is 47.4 Å². The number of methoxy groups -OCH3 is 1. The summed E-state index contributed by atoms with van der Waals surface area (Å²) in [5, 5.41) is 1.39. The first kappa shape index (κ1) is 20.3. The van der Waals surface area contributed by atoms with Gasteiger partial charge in [0.25, 0.3) is 5.91 Å². The minimum Gasteiger partial charge on any atom is -0.497 e. The molecule has 0 saturated carbocycles. The Bertz CT molecular complexity index is 1110. The molecule has 0 aliphatic carbocycles. The van der Waals surface area contributed by atoms with Crippen LogP contribution in [-0.4, -0.2) is 46.6 Å². The topological polar surface area (TPSA) is 107 Å². The first-order chi connectivity index (χ1) is 13.1. The van der Waals surface area contributed by atoms with E-state index in [2.05, 4.69) is 5.32 Å². The standard InChI is InChI=1S/C18H18FNO6S2/c1-26-13-4-2-12(3-5-13)20-18(21)16-10-14(6-7-17(16)19)28(24,25)15-8-9-27(22,23)11-15/h2-7,10,15H,8-9,11H2,1H3,(H,20,21)/t15-/m1/s1. The first-order valence-corrected chi connectivity index (χ1v) is 11.7. The summed E-state index contributed by atoms with van der Waals surface area (Å²) in [6.07, 6.45) is -0.0184. The monoisotopic (exact) mass is 427 g/mol. The maximum absolute atomic E-state index is 14.2. The van der Waals surface area contributed by atoms with Gasteiger partial charge in [0, 0.05) is 5.69 Å². The molecule has 0 radical (unpaired) electrons. The minimum atomic E-state index is -4.01. The molecule has 2 aromatic carbocycles. The van der Waals surface area contributed by atoms with Gasteiger partial charge in [-0.25, -0.2) is 21.2 Å². The minimum absolute atomic E-state index is 0.0184. The molecule has 1 heterocycles. The van der Waals surface area contributed by atoms with Crippen LogP contribution in [0.5, 0.6) is 5.75 Å². The molecule has 1 saturated heterocycles. The summed E-state index contributed by atoms with van der Waals surface area (Å²) in [4.78, 5) is 12.1. The van der Waals surface area contributed by atoms with E-state index >= 15 is 0 Å². The van der Waals surface area contributed by atoms with Crippen molar-refractivity contribution in [3.05, 3.63) is 53.8 Å². The van der Waals surface area contributed by atoms with E-state index in [1.54, 1.807) is 24.3 Å². The number of sulfone groups is 2. The van der Waals surface area contributed by atoms with E-state index in [-0.39, 0.29) is 17.1 Å². The highest BCUT2D eigenvalue weighted by atomic mass is 32.2. The van der Waals surface area contributed by atoms with E-state index in [1.165, 1.54) is 7.11 Å². The Morgan fingerprint density at radius 3 is 2.43 bits per heavy atom. The molecule has 28 heavy (non-hydrogen) atoms. The summed E-state index contributed by atoms with van der Waals surface area (Å²) in [7, 11) is -5.93. The van der Waals surface area contributed by atoms with Crippen molar-refractivity contribution in [1.29, 1.82) is 0 Å². The van der Waals surface area contributed by atoms with Crippen LogP contribution in [0.25, 0.3) is 0 Å². The van der Waals surface area contributed by atoms with E-state index < -0.39 is 48.0 Å². The van der Waals surface area contributed by atoms with Gasteiger partial charge in [0.15, 0.2) is 19.7 Å². The molecule has 1 amide bonds. The molecule has 1 atom stereocenters. The average Bonchev–Trinajstić information content (AvgIpc) is 3.03. The van der Waals surface area contributed by atoms with Crippen LogP contribution in [0.3, 0.4) is 0 Å². The molecule has 7 nitrogen and oxygen atoms in total. The third-order valence-corrected chi connectivity index (χ3v) is 8.66. The van der Waals surface area contributed by atoms with Crippen LogP contribution in [-0.2, 0) is 19.7 Å². The van der Waals surface area contributed by atoms with Crippen molar-refractivity contribution in [3.63, 3.8) is 0 Å². The second-order valence-corrected chi connectivity index (χ2v) is 10.9. The Morgan fingerprint density at radius 2 is 1.86 bits per heavy atom. The molecular weight excluding hydrogens is 409 g/mol. The highest BCUT2D eigenvalue weighted by Gasteiger charge is 2.38. The Kier molecular flexibility index (Phi) is 5.44. The Labute approximate surface area is 162 Å². The maximum Gasteiger partial charge on any atom is 0.258 e. The molecule has 1 fully saturated rings. The van der Waals surface area contributed by atoms with E-state index in [4.69, 9.17) is 4.74 Å². The lowest BCUT2D eigenvalue weighted by molar-refractivity contribution is 0.102. The van der Waals surface area contributed by atoms with Gasteiger partial charge in [-0.15, -0.1) is 0 Å². The molecular formula is C18H18FNO6S2. The Morgan fingerprint density at radius 1 is 1.18 bits per heavy atom. The number of ether oxygens (including phenoxy) is 1. The van der Waals surface area contributed by atoms with Crippen molar-refractivity contribution < 1.29 is 30.8 Å². The number of anilines is 1. The summed E-state index contributed by atoms with van der Waals surface area (Å²) < 4.78 is 67.8. The Hall–Kier alpha value is -2.46. The van der Waals surface area contributed by atoms with E-state index in [0.717, 1.165) is 18.2 Å². The van der Waals surface area contributed by atoms with E-state index in [9.17, 15) is 26.0 Å². The van der Waals surface area contributed by atoms with Crippen molar-refractivity contribution in [2.24, 2.45) is 0 Å². The molecule has 2 aromatic rings. The van der Waals surface area contributed by atoms with Crippen molar-refractivity contribution in [2.45, 2.75) is 16.6 Å². The normalized spacial score (nSPS) is 18.6. The number of hydrogen-bond acceptors (Lipinski definition) is 6. The van der Waals surface area contributed by atoms with Crippen LogP contribution in [0.1, 0.15) is 16.8 Å². The van der Waals surface area contributed by atoms with Crippen LogP contribution < -0.4 is 10.1 Å². The lowest BCUT2D eigenvalue weighted by Crippen LogP contribution is -2.23. The number of rotatable bonds is 5. The molecule has 0 unspecified atom stereocenters. The number of carbonyl (C=O) groups is 1. The van der Waals surface area contributed by atoms with Gasteiger partial charge in [0.05, 0.1) is 34.3 Å². The second-order valence-electron chi connectivity index (χ2n) is 6.39. The summed E-state index contributed by atoms with van der Waals surface area (Å²) in [5.74, 6) is -1.81. The molecule has 10 heteroatoms. The van der Waals surface area contributed by atoms with E-state index in [1.807, 2.05) is 0 Å². The summed E-state index contributed by atoms with van der Waals surface area (Å²) >= 11 is 0. The molecule has 0 bridgehead atoms. The van der Waals surface area contributed by atoms with Crippen LogP contribution in [0, 0.1) is 5.82 Å². The number of amides is 1. The van der Waals surface area contributed by atoms with Crippen molar-refractivity contribution in [1.82, 2.24) is 0 Å². The first-order valence-electron chi connectivity index (χ1n) is 8.32. The zero-order valence-corrected chi connectivity index (χ0v) is 16.5. The summed E-state index contributed by atoms with van der Waals surface area (Å²) in [6, 6.07) is 9.19. The predicted octanol–water partition coefficient (Wildman–Crippen LogP) is 2.05. The highest BCUT2D eigenvalue weighted by Crippen LogP contribution is 2.27. The number of benzene rings is 2. The fraction of sp³-hybridized carbons (Fsp3) is 0.278. The lowest BCUT2D eigenvalue weighted by Gasteiger charge is -2.12. The zero-order valence-electron chi connectivity index (χ0n) is 14.9. The maximum atomic E-state index is 14.2. The molecule has 1 N–H and O–H groups in total. The third-order valence-electron chi connectivity index (χ3n) is 4.49. The van der Waals surface area contributed by atoms with Gasteiger partial charge in [-0.2, -0.15) is 0 Å². The SMILES string of the molecule is COc1ccc(NC(=O)c2cc(S(=O)(=O)[C@@H]3CCS(=O)(=O)C3)ccc2F)cc1. The van der Waals surface area contributed by atoms with E-state index in [0.29, 0.717) is 11.4 Å². The number of carbonyl (C=O) groups excluding carboxylic acids is 1. The third kappa shape index (κ3) is 4.17. The highest BCUT2D eigenvalue weighted by molar-refractivity contribution is 7.96. The number of halogens is 1. The molecule has 150 valence electrons. The van der Waals surface area contributed by atoms with Gasteiger partial charge >= 0.3 is 0 Å². The number of hydrogen-bond donors (Lipinski definition) is 1. The molecule has 0 aromatic heterocycles. The smallest absolute Gasteiger partial charge is 0.258 e. The second kappa shape index (κ2) is 7.51. The molecule has 0 spiro atoms. The van der Waals surface area contributed by atoms with Crippen molar-refractivity contribution in [3.8, 4) is 5.75 Å². The van der Waals surface area contributed by atoms with Gasteiger partial charge < -0.3 is 10.1 Å². The lowest BCUT2D eigenvalue weighted by atomic mass is 10.2. The molecule has 3 rings (SSSR count). The van der Waals surface area contributed by atoms with Crippen molar-refractivity contribution in [2.75, 3.05) is 23.9 Å². The van der Waals surface area contributed by atoms with Crippen LogP contribution in [0.4, 0.5) is 10.1 Å². The predicted molar refractivity (Wildman–Crippen MR) is 102 cm³/mol. The van der Waals surface area contributed by atoms with Crippen LogP contribution >= 0.6 is 0 Å². The quantitative estimate of drug-likeness (QED) is 0.732. The van der Waals surface area contributed by atoms with Gasteiger partial charge in [-0.3, -0.25) is 4.79 Å². The molecule has 1 aliphatic rings. The summed E-state index contributed by atoms with van der Waals surface area (Å²) in [6.45, 7) is 0. The van der Waals surface area contributed by atoms with Crippen molar-refractivity contribution >= 4 is 31.3 Å². The summed E-state index contributed by atoms with van der Waals surface area (Å²) in [5.41, 5.74) is -0.0712.